The summed E-state index contributed by atoms with van der Waals surface area (Å²) in [6, 6.07) is 1.59. The molecule has 8 heteroatoms. The number of anilines is 1. The maximum atomic E-state index is 12.2. The molecular weight excluding hydrogens is 445 g/mol. The quantitative estimate of drug-likeness (QED) is 0.265. The number of rotatable bonds is 8. The molecule has 32 heavy (non-hydrogen) atoms. The first kappa shape index (κ1) is 28.4. The van der Waals surface area contributed by atoms with E-state index in [1.54, 1.807) is 13.0 Å². The van der Waals surface area contributed by atoms with Gasteiger partial charge < -0.3 is 14.5 Å². The van der Waals surface area contributed by atoms with Gasteiger partial charge in [0.15, 0.2) is 0 Å². The minimum absolute atomic E-state index is 0.0349. The minimum Gasteiger partial charge on any atom is -0.477 e. The molecule has 1 N–H and O–H groups in total. The van der Waals surface area contributed by atoms with E-state index < -0.39 is 13.3 Å². The lowest BCUT2D eigenvalue weighted by Gasteiger charge is -2.19. The first-order chi connectivity index (χ1) is 14.9. The van der Waals surface area contributed by atoms with Crippen molar-refractivity contribution in [2.45, 2.75) is 66.7 Å². The van der Waals surface area contributed by atoms with E-state index in [1.165, 1.54) is 43.7 Å². The Kier molecular flexibility index (Phi) is 11.7. The van der Waals surface area contributed by atoms with Gasteiger partial charge in [-0.3, -0.25) is 9.36 Å². The van der Waals surface area contributed by atoms with E-state index in [0.717, 1.165) is 17.3 Å². The highest BCUT2D eigenvalue weighted by Gasteiger charge is 2.23. The van der Waals surface area contributed by atoms with E-state index in [-0.39, 0.29) is 28.7 Å². The van der Waals surface area contributed by atoms with Gasteiger partial charge in [0.1, 0.15) is 4.88 Å². The molecule has 2 rings (SSSR count). The molecule has 0 bridgehead atoms. The number of hydrogen-bond acceptors (Lipinski definition) is 5. The average Bonchev–Trinajstić information content (AvgIpc) is 3.12. The number of hydrogen-bond donors (Lipinski definition) is 1. The molecule has 1 fully saturated rings. The fourth-order valence-corrected chi connectivity index (χ4v) is 5.34. The molecule has 1 aromatic rings. The highest BCUT2D eigenvalue weighted by Crippen LogP contribution is 2.42. The van der Waals surface area contributed by atoms with E-state index >= 15 is 0 Å². The van der Waals surface area contributed by atoms with Crippen molar-refractivity contribution in [2.75, 3.05) is 30.9 Å². The molecule has 0 saturated heterocycles. The minimum atomic E-state index is -2.82. The Morgan fingerprint density at radius 1 is 1.34 bits per heavy atom. The molecule has 1 aliphatic rings. The molecule has 6 nitrogen and oxygen atoms in total. The van der Waals surface area contributed by atoms with E-state index in [0.29, 0.717) is 17.9 Å². The summed E-state index contributed by atoms with van der Waals surface area (Å²) in [5.74, 6) is 5.91. The topological polar surface area (TPSA) is 83.9 Å². The van der Waals surface area contributed by atoms with Gasteiger partial charge in [0.25, 0.3) is 0 Å². The Labute approximate surface area is 197 Å². The summed E-state index contributed by atoms with van der Waals surface area (Å²) >= 11 is 1.02. The van der Waals surface area contributed by atoms with Crippen LogP contribution in [0.25, 0.3) is 0 Å². The lowest BCUT2D eigenvalue weighted by molar-refractivity contribution is -0.107. The van der Waals surface area contributed by atoms with Crippen LogP contribution in [0.1, 0.15) is 81.3 Å². The first-order valence-corrected chi connectivity index (χ1v) is 14.3. The second-order valence-electron chi connectivity index (χ2n) is 9.33. The summed E-state index contributed by atoms with van der Waals surface area (Å²) in [6.07, 6.45) is 8.13. The van der Waals surface area contributed by atoms with Gasteiger partial charge in [0, 0.05) is 24.8 Å². The lowest BCUT2D eigenvalue weighted by Crippen LogP contribution is -2.26. The van der Waals surface area contributed by atoms with Gasteiger partial charge >= 0.3 is 5.97 Å². The number of carboxylic acids is 1. The van der Waals surface area contributed by atoms with Gasteiger partial charge in [-0.2, -0.15) is 0 Å². The normalized spacial score (nSPS) is 16.1. The molecule has 1 atom stereocenters. The van der Waals surface area contributed by atoms with Crippen molar-refractivity contribution in [3.05, 3.63) is 15.8 Å². The Morgan fingerprint density at radius 3 is 2.41 bits per heavy atom. The average molecular weight is 484 g/mol. The number of aromatic carboxylic acids is 1. The summed E-state index contributed by atoms with van der Waals surface area (Å²) in [5, 5.41) is 9.40. The van der Waals surface area contributed by atoms with Crippen LogP contribution in [0, 0.1) is 23.2 Å². The number of carbonyl (C=O) groups excluding carboxylic acids is 1. The molecule has 1 aliphatic carbocycles. The Balaban J connectivity index is 0.000000616. The smallest absolute Gasteiger partial charge is 0.348 e. The van der Waals surface area contributed by atoms with Crippen LogP contribution in [0.2, 0.25) is 0 Å². The number of carbonyl (C=O) groups is 2. The van der Waals surface area contributed by atoms with Crippen LogP contribution in [0.4, 0.5) is 5.69 Å². The van der Waals surface area contributed by atoms with Gasteiger partial charge in [0.2, 0.25) is 13.8 Å². The van der Waals surface area contributed by atoms with E-state index in [9.17, 15) is 19.3 Å². The molecule has 1 amide bonds. The maximum Gasteiger partial charge on any atom is 0.348 e. The van der Waals surface area contributed by atoms with Crippen LogP contribution in [0.5, 0.6) is 0 Å². The predicted molar refractivity (Wildman–Crippen MR) is 133 cm³/mol. The molecule has 0 aromatic carbocycles. The number of nitrogens with zero attached hydrogens (tertiary/aromatic N) is 1. The third-order valence-corrected chi connectivity index (χ3v) is 7.79. The first-order valence-electron chi connectivity index (χ1n) is 11.2. The fraction of sp³-hybridized carbons (Fsp3) is 0.667. The largest absolute Gasteiger partial charge is 0.477 e. The van der Waals surface area contributed by atoms with Crippen molar-refractivity contribution in [3.63, 3.8) is 0 Å². The second-order valence-corrected chi connectivity index (χ2v) is 13.1. The lowest BCUT2D eigenvalue weighted by atomic mass is 9.91. The molecule has 1 saturated carbocycles. The summed E-state index contributed by atoms with van der Waals surface area (Å²) < 4.78 is 17.4. The molecule has 0 aliphatic heterocycles. The van der Waals surface area contributed by atoms with Crippen LogP contribution < -0.4 is 4.90 Å². The van der Waals surface area contributed by atoms with E-state index in [4.69, 9.17) is 4.52 Å². The SMILES string of the molecule is CC1CCCCC1.CCOP(C)(=O)CCN(C=O)c1cc(C#CC(C)(C)C)sc1C(=O)O. The predicted octanol–water partition coefficient (Wildman–Crippen LogP) is 6.34. The van der Waals surface area contributed by atoms with Gasteiger partial charge in [0.05, 0.1) is 17.2 Å². The van der Waals surface area contributed by atoms with Gasteiger partial charge in [-0.1, -0.05) is 50.9 Å². The zero-order valence-electron chi connectivity index (χ0n) is 20.3. The van der Waals surface area contributed by atoms with Crippen molar-refractivity contribution in [1.29, 1.82) is 0 Å². The van der Waals surface area contributed by atoms with Crippen molar-refractivity contribution < 1.29 is 23.8 Å². The molecule has 1 unspecified atom stereocenters. The van der Waals surface area contributed by atoms with Crippen LogP contribution in [-0.2, 0) is 13.9 Å². The summed E-state index contributed by atoms with van der Waals surface area (Å²) in [4.78, 5) is 24.8. The highest BCUT2D eigenvalue weighted by molar-refractivity contribution is 7.58. The highest BCUT2D eigenvalue weighted by atomic mass is 32.1. The van der Waals surface area contributed by atoms with Crippen LogP contribution in [0.15, 0.2) is 6.07 Å². The molecule has 0 radical (unpaired) electrons. The van der Waals surface area contributed by atoms with Crippen molar-refractivity contribution in [3.8, 4) is 11.8 Å². The zero-order valence-corrected chi connectivity index (χ0v) is 22.0. The van der Waals surface area contributed by atoms with Crippen LogP contribution in [-0.4, -0.2) is 43.5 Å². The van der Waals surface area contributed by atoms with Crippen LogP contribution >= 0.6 is 18.7 Å². The molecule has 1 heterocycles. The van der Waals surface area contributed by atoms with Crippen LogP contribution in [0.3, 0.4) is 0 Å². The van der Waals surface area contributed by atoms with E-state index in [1.807, 2.05) is 20.8 Å². The molecule has 1 aromatic heterocycles. The Hall–Kier alpha value is -1.61. The molecule has 0 spiro atoms. The second kappa shape index (κ2) is 13.2. The van der Waals surface area contributed by atoms with Crippen molar-refractivity contribution in [2.24, 2.45) is 11.3 Å². The third-order valence-electron chi connectivity index (χ3n) is 4.95. The number of thiophene rings is 1. The Morgan fingerprint density at radius 2 is 1.97 bits per heavy atom. The number of carboxylic acid groups (broad SMARTS) is 1. The van der Waals surface area contributed by atoms with Gasteiger partial charge in [-0.15, -0.1) is 11.3 Å². The Bertz CT molecular complexity index is 856. The van der Waals surface area contributed by atoms with Gasteiger partial charge in [-0.05, 0) is 39.7 Å². The number of amides is 1. The third kappa shape index (κ3) is 10.8. The standard InChI is InChI=1S/C17H24NO5PS.C7H14/c1-6-23-24(5,22)10-9-18(12-19)14-11-13(7-8-17(2,3)4)25-15(14)16(20)21;1-7-5-3-2-4-6-7/h11-12H,6,9-10H2,1-5H3,(H,20,21);7H,2-6H2,1H3. The van der Waals surface area contributed by atoms with Crippen molar-refractivity contribution >= 4 is 36.8 Å². The monoisotopic (exact) mass is 483 g/mol. The molecule has 180 valence electrons. The fourth-order valence-electron chi connectivity index (χ4n) is 3.22. The maximum absolute atomic E-state index is 12.2. The summed E-state index contributed by atoms with van der Waals surface area (Å²) in [5.41, 5.74) is 0.0479. The zero-order chi connectivity index (χ0) is 24.4. The van der Waals surface area contributed by atoms with Crippen molar-refractivity contribution in [1.82, 2.24) is 0 Å². The summed E-state index contributed by atoms with van der Waals surface area (Å²) in [6.45, 7) is 11.9. The van der Waals surface area contributed by atoms with E-state index in [2.05, 4.69) is 18.8 Å². The summed E-state index contributed by atoms with van der Waals surface area (Å²) in [7, 11) is -2.82. The molecular formula is C24H38NO5PS. The van der Waals surface area contributed by atoms with Gasteiger partial charge in [-0.25, -0.2) is 4.79 Å².